The first kappa shape index (κ1) is 14.3. The average Bonchev–Trinajstić information content (AvgIpc) is 3.04. The first-order valence-corrected chi connectivity index (χ1v) is 7.86. The monoisotopic (exact) mass is 342 g/mol. The number of fused-ring (bicyclic) bond motifs is 1. The minimum absolute atomic E-state index is 0.0447. The first-order chi connectivity index (χ1) is 11.2. The Bertz CT molecular complexity index is 866. The molecule has 0 saturated heterocycles. The van der Waals surface area contributed by atoms with Crippen molar-refractivity contribution in [2.75, 3.05) is 5.32 Å². The fraction of sp³-hybridized carbons (Fsp3) is 0.0588. The Labute approximate surface area is 143 Å². The molecule has 0 spiro atoms. The van der Waals surface area contributed by atoms with E-state index in [1.165, 1.54) is 0 Å². The summed E-state index contributed by atoms with van der Waals surface area (Å²) < 4.78 is 1.85. The fourth-order valence-electron chi connectivity index (χ4n) is 2.63. The van der Waals surface area contributed by atoms with Crippen LogP contribution in [0.25, 0.3) is 5.70 Å². The molecule has 2 heterocycles. The van der Waals surface area contributed by atoms with Crippen LogP contribution in [0.1, 0.15) is 17.2 Å². The maximum absolute atomic E-state index is 5.99. The van der Waals surface area contributed by atoms with Crippen LogP contribution in [0.2, 0.25) is 10.0 Å². The molecular formula is C17H12Cl2N4. The SMILES string of the molecule is Clc1ccc(C2=C[C@@H](c3ccc(Cl)cc3)n3ncnc3N2)cc1. The molecule has 1 aliphatic heterocycles. The third-order valence-corrected chi connectivity index (χ3v) is 4.28. The Balaban J connectivity index is 1.79. The highest BCUT2D eigenvalue weighted by molar-refractivity contribution is 6.30. The summed E-state index contributed by atoms with van der Waals surface area (Å²) in [7, 11) is 0. The van der Waals surface area contributed by atoms with Crippen LogP contribution in [0, 0.1) is 0 Å². The summed E-state index contributed by atoms with van der Waals surface area (Å²) in [5.41, 5.74) is 3.11. The molecule has 6 heteroatoms. The zero-order valence-electron chi connectivity index (χ0n) is 11.9. The van der Waals surface area contributed by atoms with Crippen LogP contribution in [0.15, 0.2) is 60.9 Å². The van der Waals surface area contributed by atoms with Gasteiger partial charge in [0.05, 0.1) is 0 Å². The second-order valence-corrected chi connectivity index (χ2v) is 6.11. The van der Waals surface area contributed by atoms with Crippen LogP contribution >= 0.6 is 23.2 Å². The van der Waals surface area contributed by atoms with Gasteiger partial charge >= 0.3 is 0 Å². The van der Waals surface area contributed by atoms with Crippen LogP contribution in [0.3, 0.4) is 0 Å². The summed E-state index contributed by atoms with van der Waals surface area (Å²) in [6.07, 6.45) is 3.66. The number of halogens is 2. The van der Waals surface area contributed by atoms with E-state index in [1.54, 1.807) is 6.33 Å². The number of rotatable bonds is 2. The molecule has 0 amide bonds. The molecule has 23 heavy (non-hydrogen) atoms. The summed E-state index contributed by atoms with van der Waals surface area (Å²) in [6, 6.07) is 15.4. The van der Waals surface area contributed by atoms with Crippen molar-refractivity contribution in [3.63, 3.8) is 0 Å². The van der Waals surface area contributed by atoms with Gasteiger partial charge in [-0.05, 0) is 41.5 Å². The van der Waals surface area contributed by atoms with Crippen molar-refractivity contribution >= 4 is 34.8 Å². The smallest absolute Gasteiger partial charge is 0.226 e. The van der Waals surface area contributed by atoms with Crippen molar-refractivity contribution in [2.24, 2.45) is 0 Å². The van der Waals surface area contributed by atoms with Crippen LogP contribution in [0.4, 0.5) is 5.95 Å². The number of allylic oxidation sites excluding steroid dienone is 1. The zero-order valence-corrected chi connectivity index (χ0v) is 13.5. The summed E-state index contributed by atoms with van der Waals surface area (Å²) in [6.45, 7) is 0. The number of benzene rings is 2. The molecule has 0 saturated carbocycles. The van der Waals surface area contributed by atoms with Crippen LogP contribution in [-0.4, -0.2) is 14.8 Å². The molecule has 0 bridgehead atoms. The van der Waals surface area contributed by atoms with E-state index in [1.807, 2.05) is 53.2 Å². The third-order valence-electron chi connectivity index (χ3n) is 3.77. The molecule has 1 aromatic heterocycles. The molecule has 114 valence electrons. The number of hydrogen-bond acceptors (Lipinski definition) is 3. The van der Waals surface area contributed by atoms with Crippen molar-refractivity contribution in [3.8, 4) is 0 Å². The lowest BCUT2D eigenvalue weighted by Crippen LogP contribution is -2.20. The lowest BCUT2D eigenvalue weighted by atomic mass is 10.0. The lowest BCUT2D eigenvalue weighted by Gasteiger charge is -2.24. The van der Waals surface area contributed by atoms with E-state index in [0.29, 0.717) is 16.0 Å². The van der Waals surface area contributed by atoms with Crippen molar-refractivity contribution < 1.29 is 0 Å². The molecule has 0 radical (unpaired) electrons. The topological polar surface area (TPSA) is 42.7 Å². The fourth-order valence-corrected chi connectivity index (χ4v) is 2.88. The second kappa shape index (κ2) is 5.72. The summed E-state index contributed by atoms with van der Waals surface area (Å²) in [5, 5.41) is 9.05. The van der Waals surface area contributed by atoms with E-state index in [9.17, 15) is 0 Å². The van der Waals surface area contributed by atoms with Gasteiger partial charge in [-0.1, -0.05) is 47.5 Å². The molecule has 4 nitrogen and oxygen atoms in total. The minimum atomic E-state index is -0.0447. The number of anilines is 1. The number of nitrogens with one attached hydrogen (secondary N) is 1. The third kappa shape index (κ3) is 2.71. The lowest BCUT2D eigenvalue weighted by molar-refractivity contribution is 0.612. The van der Waals surface area contributed by atoms with Crippen molar-refractivity contribution in [3.05, 3.63) is 82.1 Å². The van der Waals surface area contributed by atoms with Gasteiger partial charge in [0.2, 0.25) is 5.95 Å². The molecule has 0 fully saturated rings. The highest BCUT2D eigenvalue weighted by Gasteiger charge is 2.23. The van der Waals surface area contributed by atoms with Crippen molar-refractivity contribution in [1.29, 1.82) is 0 Å². The van der Waals surface area contributed by atoms with E-state index >= 15 is 0 Å². The van der Waals surface area contributed by atoms with Crippen LogP contribution < -0.4 is 5.32 Å². The molecular weight excluding hydrogens is 331 g/mol. The molecule has 4 rings (SSSR count). The van der Waals surface area contributed by atoms with Gasteiger partial charge < -0.3 is 5.32 Å². The van der Waals surface area contributed by atoms with Crippen LogP contribution in [0.5, 0.6) is 0 Å². The zero-order chi connectivity index (χ0) is 15.8. The quantitative estimate of drug-likeness (QED) is 0.737. The van der Waals surface area contributed by atoms with E-state index < -0.39 is 0 Å². The van der Waals surface area contributed by atoms with Gasteiger partial charge in [-0.2, -0.15) is 10.1 Å². The minimum Gasteiger partial charge on any atom is -0.324 e. The highest BCUT2D eigenvalue weighted by atomic mass is 35.5. The van der Waals surface area contributed by atoms with Gasteiger partial charge in [0.1, 0.15) is 12.4 Å². The second-order valence-electron chi connectivity index (χ2n) is 5.24. The van der Waals surface area contributed by atoms with Crippen molar-refractivity contribution in [2.45, 2.75) is 6.04 Å². The summed E-state index contributed by atoms with van der Waals surface area (Å²) >= 11 is 12.0. The first-order valence-electron chi connectivity index (χ1n) is 7.10. The maximum Gasteiger partial charge on any atom is 0.226 e. The number of nitrogens with zero attached hydrogens (tertiary/aromatic N) is 3. The Morgan fingerprint density at radius 1 is 0.913 bits per heavy atom. The van der Waals surface area contributed by atoms with E-state index in [4.69, 9.17) is 23.2 Å². The highest BCUT2D eigenvalue weighted by Crippen LogP contribution is 2.32. The summed E-state index contributed by atoms with van der Waals surface area (Å²) in [4.78, 5) is 4.29. The van der Waals surface area contributed by atoms with Crippen LogP contribution in [-0.2, 0) is 0 Å². The van der Waals surface area contributed by atoms with Gasteiger partial charge in [-0.3, -0.25) is 0 Å². The predicted molar refractivity (Wildman–Crippen MR) is 92.7 cm³/mol. The van der Waals surface area contributed by atoms with E-state index in [0.717, 1.165) is 16.8 Å². The molecule has 0 unspecified atom stereocenters. The Kier molecular flexibility index (Phi) is 3.56. The predicted octanol–water partition coefficient (Wildman–Crippen LogP) is 4.64. The van der Waals surface area contributed by atoms with Gasteiger partial charge in [0.15, 0.2) is 0 Å². The van der Waals surface area contributed by atoms with Gasteiger partial charge in [-0.15, -0.1) is 0 Å². The largest absolute Gasteiger partial charge is 0.324 e. The van der Waals surface area contributed by atoms with E-state index in [2.05, 4.69) is 21.5 Å². The molecule has 1 N–H and O–H groups in total. The molecule has 2 aromatic carbocycles. The molecule has 1 atom stereocenters. The molecule has 0 aliphatic carbocycles. The number of aromatic nitrogens is 3. The van der Waals surface area contributed by atoms with Gasteiger partial charge in [0, 0.05) is 15.7 Å². The van der Waals surface area contributed by atoms with Crippen molar-refractivity contribution in [1.82, 2.24) is 14.8 Å². The Morgan fingerprint density at radius 3 is 2.26 bits per heavy atom. The Hall–Kier alpha value is -2.30. The van der Waals surface area contributed by atoms with Gasteiger partial charge in [-0.25, -0.2) is 4.68 Å². The van der Waals surface area contributed by atoms with E-state index in [-0.39, 0.29) is 6.04 Å². The standard InChI is InChI=1S/C17H12Cl2N4/c18-13-5-1-11(2-6-13)15-9-16(12-3-7-14(19)8-4-12)23-17(22-15)20-10-21-23/h1-10,16H,(H,20,21,22)/t16-/m0/s1. The average molecular weight is 343 g/mol. The molecule has 3 aromatic rings. The Morgan fingerprint density at radius 2 is 1.57 bits per heavy atom. The molecule has 1 aliphatic rings. The normalized spacial score (nSPS) is 16.4. The number of hydrogen-bond donors (Lipinski definition) is 1. The maximum atomic E-state index is 5.99. The van der Waals surface area contributed by atoms with Gasteiger partial charge in [0.25, 0.3) is 0 Å². The summed E-state index contributed by atoms with van der Waals surface area (Å²) in [5.74, 6) is 0.706.